The summed E-state index contributed by atoms with van der Waals surface area (Å²) in [4.78, 5) is 22.7. The van der Waals surface area contributed by atoms with Gasteiger partial charge in [-0.15, -0.1) is 35.3 Å². The number of guanidine groups is 1. The molecule has 3 aliphatic heterocycles. The van der Waals surface area contributed by atoms with Gasteiger partial charge in [0.2, 0.25) is 5.91 Å². The third-order valence-electron chi connectivity index (χ3n) is 5.92. The SMILES string of the molecule is CN=C(NCCC(=O)N1CCc2sccc2C1)N1CCC2(CCOC2)C1.I. The Labute approximate surface area is 182 Å². The highest BCUT2D eigenvalue weighted by molar-refractivity contribution is 14.0. The number of halogens is 1. The molecule has 1 atom stereocenters. The molecule has 6 nitrogen and oxygen atoms in total. The Morgan fingerprint density at radius 3 is 3.04 bits per heavy atom. The van der Waals surface area contributed by atoms with Crippen LogP contribution in [0.5, 0.6) is 0 Å². The number of carbonyl (C=O) groups excluding carboxylic acids is 1. The highest BCUT2D eigenvalue weighted by Crippen LogP contribution is 2.38. The summed E-state index contributed by atoms with van der Waals surface area (Å²) in [5.41, 5.74) is 1.64. The topological polar surface area (TPSA) is 57.2 Å². The fourth-order valence-electron chi connectivity index (χ4n) is 4.32. The van der Waals surface area contributed by atoms with Gasteiger partial charge in [-0.2, -0.15) is 0 Å². The molecule has 1 unspecified atom stereocenters. The highest BCUT2D eigenvalue weighted by Gasteiger charge is 2.42. The Bertz CT molecular complexity index is 687. The van der Waals surface area contributed by atoms with E-state index in [-0.39, 0.29) is 29.9 Å². The van der Waals surface area contributed by atoms with Crippen molar-refractivity contribution in [2.24, 2.45) is 10.4 Å². The molecule has 1 aromatic heterocycles. The van der Waals surface area contributed by atoms with Crippen molar-refractivity contribution in [3.63, 3.8) is 0 Å². The first kappa shape index (κ1) is 20.9. The molecule has 0 aliphatic carbocycles. The van der Waals surface area contributed by atoms with E-state index in [4.69, 9.17) is 4.74 Å². The molecule has 150 valence electrons. The van der Waals surface area contributed by atoms with Crippen molar-refractivity contribution in [1.82, 2.24) is 15.1 Å². The quantitative estimate of drug-likeness (QED) is 0.390. The zero-order valence-corrected chi connectivity index (χ0v) is 19.1. The zero-order chi connectivity index (χ0) is 18.0. The van der Waals surface area contributed by atoms with Crippen molar-refractivity contribution >= 4 is 47.2 Å². The van der Waals surface area contributed by atoms with Crippen molar-refractivity contribution in [3.8, 4) is 0 Å². The maximum absolute atomic E-state index is 12.5. The smallest absolute Gasteiger partial charge is 0.224 e. The first-order valence-corrected chi connectivity index (χ1v) is 10.4. The van der Waals surface area contributed by atoms with Crippen LogP contribution in [0.3, 0.4) is 0 Å². The molecule has 0 saturated carbocycles. The van der Waals surface area contributed by atoms with Gasteiger partial charge in [0.15, 0.2) is 5.96 Å². The molecule has 8 heteroatoms. The lowest BCUT2D eigenvalue weighted by atomic mass is 9.87. The molecule has 2 saturated heterocycles. The normalized spacial score (nSPS) is 24.9. The molecule has 27 heavy (non-hydrogen) atoms. The van der Waals surface area contributed by atoms with Crippen LogP contribution in [-0.2, 0) is 22.5 Å². The average molecular weight is 504 g/mol. The predicted molar refractivity (Wildman–Crippen MR) is 119 cm³/mol. The number of hydrogen-bond acceptors (Lipinski definition) is 4. The summed E-state index contributed by atoms with van der Waals surface area (Å²) in [5.74, 6) is 1.15. The maximum atomic E-state index is 12.5. The molecule has 1 aromatic rings. The van der Waals surface area contributed by atoms with Gasteiger partial charge < -0.3 is 19.9 Å². The van der Waals surface area contributed by atoms with Crippen LogP contribution in [0.25, 0.3) is 0 Å². The number of fused-ring (bicyclic) bond motifs is 1. The molecule has 4 rings (SSSR count). The number of nitrogens with zero attached hydrogens (tertiary/aromatic N) is 3. The van der Waals surface area contributed by atoms with Crippen LogP contribution in [0, 0.1) is 5.41 Å². The lowest BCUT2D eigenvalue weighted by Crippen LogP contribution is -2.43. The minimum Gasteiger partial charge on any atom is -0.381 e. The fraction of sp³-hybridized carbons (Fsp3) is 0.684. The standard InChI is InChI=1S/C19H28N4O2S.HI/c1-20-18(23-9-5-19(13-23)6-10-25-14-19)21-7-2-17(24)22-8-3-16-15(12-22)4-11-26-16;/h4,11H,2-3,5-10,12-14H2,1H3,(H,20,21);1H. The van der Waals surface area contributed by atoms with Crippen LogP contribution < -0.4 is 5.32 Å². The van der Waals surface area contributed by atoms with E-state index in [1.807, 2.05) is 11.9 Å². The van der Waals surface area contributed by atoms with Crippen molar-refractivity contribution in [3.05, 3.63) is 21.9 Å². The Morgan fingerprint density at radius 1 is 1.37 bits per heavy atom. The number of ether oxygens (including phenoxy) is 1. The molecule has 0 radical (unpaired) electrons. The first-order valence-electron chi connectivity index (χ1n) is 9.55. The predicted octanol–water partition coefficient (Wildman–Crippen LogP) is 2.33. The molecule has 1 amide bonds. The fourth-order valence-corrected chi connectivity index (χ4v) is 5.21. The molecule has 4 heterocycles. The minimum atomic E-state index is 0. The third-order valence-corrected chi connectivity index (χ3v) is 6.94. The second kappa shape index (κ2) is 9.09. The summed E-state index contributed by atoms with van der Waals surface area (Å²) in [7, 11) is 1.82. The number of amides is 1. The van der Waals surface area contributed by atoms with Crippen LogP contribution >= 0.6 is 35.3 Å². The van der Waals surface area contributed by atoms with E-state index < -0.39 is 0 Å². The van der Waals surface area contributed by atoms with Gasteiger partial charge in [-0.3, -0.25) is 9.79 Å². The molecule has 1 N–H and O–H groups in total. The highest BCUT2D eigenvalue weighted by atomic mass is 127. The van der Waals surface area contributed by atoms with Gasteiger partial charge in [0, 0.05) is 63.1 Å². The summed E-state index contributed by atoms with van der Waals surface area (Å²) in [5, 5.41) is 5.52. The minimum absolute atomic E-state index is 0. The van der Waals surface area contributed by atoms with Gasteiger partial charge in [0.05, 0.1) is 6.61 Å². The Kier molecular flexibility index (Phi) is 7.02. The Hall–Kier alpha value is -0.870. The number of thiophene rings is 1. The molecule has 3 aliphatic rings. The second-order valence-corrected chi connectivity index (χ2v) is 8.63. The number of nitrogens with one attached hydrogen (secondary N) is 1. The maximum Gasteiger partial charge on any atom is 0.224 e. The molecule has 0 aromatic carbocycles. The van der Waals surface area contributed by atoms with Gasteiger partial charge >= 0.3 is 0 Å². The van der Waals surface area contributed by atoms with Gasteiger partial charge in [0.25, 0.3) is 0 Å². The third kappa shape index (κ3) is 4.59. The first-order chi connectivity index (χ1) is 12.7. The summed E-state index contributed by atoms with van der Waals surface area (Å²) >= 11 is 1.81. The molecular weight excluding hydrogens is 475 g/mol. The van der Waals surface area contributed by atoms with Crippen LogP contribution in [0.1, 0.15) is 29.7 Å². The van der Waals surface area contributed by atoms with E-state index in [1.54, 1.807) is 11.3 Å². The van der Waals surface area contributed by atoms with Crippen molar-refractivity contribution in [2.45, 2.75) is 32.2 Å². The van der Waals surface area contributed by atoms with Gasteiger partial charge in [-0.25, -0.2) is 0 Å². The lowest BCUT2D eigenvalue weighted by Gasteiger charge is -2.28. The van der Waals surface area contributed by atoms with Crippen LogP contribution in [0.15, 0.2) is 16.4 Å². The molecule has 1 spiro atoms. The van der Waals surface area contributed by atoms with Crippen LogP contribution in [0.2, 0.25) is 0 Å². The van der Waals surface area contributed by atoms with E-state index in [0.29, 0.717) is 18.4 Å². The van der Waals surface area contributed by atoms with Crippen molar-refractivity contribution in [1.29, 1.82) is 0 Å². The lowest BCUT2D eigenvalue weighted by molar-refractivity contribution is -0.131. The summed E-state index contributed by atoms with van der Waals surface area (Å²) in [6.07, 6.45) is 3.83. The van der Waals surface area contributed by atoms with E-state index in [9.17, 15) is 4.79 Å². The number of carbonyl (C=O) groups is 1. The van der Waals surface area contributed by atoms with E-state index in [2.05, 4.69) is 26.7 Å². The van der Waals surface area contributed by atoms with E-state index in [0.717, 1.165) is 58.2 Å². The largest absolute Gasteiger partial charge is 0.381 e. The van der Waals surface area contributed by atoms with E-state index in [1.165, 1.54) is 16.9 Å². The average Bonchev–Trinajstić information content (AvgIpc) is 3.40. The molecular formula is C19H29IN4O2S. The molecule has 2 fully saturated rings. The van der Waals surface area contributed by atoms with Crippen LogP contribution in [-0.4, -0.2) is 68.1 Å². The van der Waals surface area contributed by atoms with Crippen molar-refractivity contribution < 1.29 is 9.53 Å². The molecule has 0 bridgehead atoms. The summed E-state index contributed by atoms with van der Waals surface area (Å²) < 4.78 is 5.61. The monoisotopic (exact) mass is 504 g/mol. The second-order valence-electron chi connectivity index (χ2n) is 7.63. The van der Waals surface area contributed by atoms with E-state index >= 15 is 0 Å². The Balaban J connectivity index is 0.00000210. The summed E-state index contributed by atoms with van der Waals surface area (Å²) in [6, 6.07) is 2.15. The number of hydrogen-bond donors (Lipinski definition) is 1. The number of rotatable bonds is 3. The van der Waals surface area contributed by atoms with Gasteiger partial charge in [-0.1, -0.05) is 0 Å². The Morgan fingerprint density at radius 2 is 2.26 bits per heavy atom. The number of likely N-dealkylation sites (tertiary alicyclic amines) is 1. The van der Waals surface area contributed by atoms with Gasteiger partial charge in [-0.05, 0) is 36.3 Å². The number of aliphatic imine (C=N–C) groups is 1. The van der Waals surface area contributed by atoms with Gasteiger partial charge in [0.1, 0.15) is 0 Å². The zero-order valence-electron chi connectivity index (χ0n) is 15.9. The van der Waals surface area contributed by atoms with Crippen molar-refractivity contribution in [2.75, 3.05) is 46.4 Å². The van der Waals surface area contributed by atoms with Crippen LogP contribution in [0.4, 0.5) is 0 Å². The summed E-state index contributed by atoms with van der Waals surface area (Å²) in [6.45, 7) is 6.03.